The summed E-state index contributed by atoms with van der Waals surface area (Å²) in [6.07, 6.45) is 5.26. The minimum absolute atomic E-state index is 0.352. The molecule has 0 unspecified atom stereocenters. The van der Waals surface area contributed by atoms with Crippen LogP contribution in [0.25, 0.3) is 4.96 Å². The summed E-state index contributed by atoms with van der Waals surface area (Å²) < 4.78 is 1.76. The number of carbonyl (C=O) groups is 1. The van der Waals surface area contributed by atoms with Crippen molar-refractivity contribution in [2.75, 3.05) is 0 Å². The van der Waals surface area contributed by atoms with E-state index in [2.05, 4.69) is 18.8 Å². The molecule has 0 aliphatic heterocycles. The van der Waals surface area contributed by atoms with Crippen molar-refractivity contribution in [3.05, 3.63) is 22.5 Å². The lowest BCUT2D eigenvalue weighted by Crippen LogP contribution is -2.14. The quantitative estimate of drug-likeness (QED) is 0.923. The third-order valence-corrected chi connectivity index (χ3v) is 4.92. The highest BCUT2D eigenvalue weighted by Crippen LogP contribution is 2.39. The number of rotatable bonds is 3. The zero-order chi connectivity index (χ0) is 12.9. The largest absolute Gasteiger partial charge is 0.477 e. The smallest absolute Gasteiger partial charge is 0.354 e. The molecule has 0 bridgehead atoms. The van der Waals surface area contributed by atoms with Crippen LogP contribution in [0.4, 0.5) is 0 Å². The monoisotopic (exact) mass is 264 g/mol. The summed E-state index contributed by atoms with van der Waals surface area (Å²) in [5.74, 6) is -0.103. The van der Waals surface area contributed by atoms with Gasteiger partial charge in [0, 0.05) is 17.0 Å². The number of carboxylic acids is 1. The van der Waals surface area contributed by atoms with Crippen molar-refractivity contribution < 1.29 is 9.90 Å². The van der Waals surface area contributed by atoms with Crippen LogP contribution in [0.5, 0.6) is 0 Å². The van der Waals surface area contributed by atoms with Crippen LogP contribution in [0.3, 0.4) is 0 Å². The van der Waals surface area contributed by atoms with E-state index in [1.54, 1.807) is 15.7 Å². The van der Waals surface area contributed by atoms with Crippen molar-refractivity contribution >= 4 is 22.3 Å². The molecule has 2 heterocycles. The highest BCUT2D eigenvalue weighted by molar-refractivity contribution is 7.17. The van der Waals surface area contributed by atoms with Gasteiger partial charge >= 0.3 is 5.97 Å². The Morgan fingerprint density at radius 3 is 2.78 bits per heavy atom. The molecule has 1 fully saturated rings. The molecule has 1 aliphatic carbocycles. The van der Waals surface area contributed by atoms with Gasteiger partial charge in [0.15, 0.2) is 10.7 Å². The number of carboxylic acid groups (broad SMARTS) is 1. The Kier molecular flexibility index (Phi) is 2.66. The molecule has 0 atom stereocenters. The lowest BCUT2D eigenvalue weighted by Gasteiger charge is -2.23. The molecule has 2 aromatic heterocycles. The molecule has 0 saturated heterocycles. The summed E-state index contributed by atoms with van der Waals surface area (Å²) in [5.41, 5.74) is 1.16. The molecule has 3 rings (SSSR count). The van der Waals surface area contributed by atoms with E-state index >= 15 is 0 Å². The van der Waals surface area contributed by atoms with Crippen molar-refractivity contribution in [3.63, 3.8) is 0 Å². The van der Waals surface area contributed by atoms with Crippen LogP contribution < -0.4 is 0 Å². The number of fused-ring (bicyclic) bond motifs is 1. The van der Waals surface area contributed by atoms with Crippen LogP contribution in [-0.2, 0) is 0 Å². The van der Waals surface area contributed by atoms with Crippen LogP contribution in [0, 0.1) is 0 Å². The molecule has 2 aromatic rings. The fourth-order valence-corrected chi connectivity index (χ4v) is 3.32. The summed E-state index contributed by atoms with van der Waals surface area (Å²) in [4.78, 5) is 18.0. The molecule has 1 N–H and O–H groups in total. The maximum Gasteiger partial charge on any atom is 0.354 e. The van der Waals surface area contributed by atoms with Gasteiger partial charge in [0.2, 0.25) is 0 Å². The summed E-state index contributed by atoms with van der Waals surface area (Å²) in [5, 5.41) is 9.41. The van der Waals surface area contributed by atoms with Gasteiger partial charge in [-0.2, -0.15) is 0 Å². The minimum atomic E-state index is -0.863. The van der Waals surface area contributed by atoms with Gasteiger partial charge < -0.3 is 5.11 Å². The predicted octanol–water partition coefficient (Wildman–Crippen LogP) is 3.48. The van der Waals surface area contributed by atoms with Gasteiger partial charge in [0.1, 0.15) is 0 Å². The van der Waals surface area contributed by atoms with Crippen molar-refractivity contribution in [3.8, 4) is 0 Å². The first kappa shape index (κ1) is 11.7. The van der Waals surface area contributed by atoms with E-state index < -0.39 is 5.97 Å². The Morgan fingerprint density at radius 2 is 2.28 bits per heavy atom. The molecule has 0 aromatic carbocycles. The average Bonchev–Trinajstić information content (AvgIpc) is 2.70. The van der Waals surface area contributed by atoms with E-state index in [4.69, 9.17) is 0 Å². The minimum Gasteiger partial charge on any atom is -0.477 e. The zero-order valence-electron chi connectivity index (χ0n) is 10.5. The van der Waals surface area contributed by atoms with Gasteiger partial charge in [0.05, 0.1) is 5.69 Å². The second-order valence-corrected chi connectivity index (χ2v) is 6.26. The predicted molar refractivity (Wildman–Crippen MR) is 70.7 cm³/mol. The molecule has 1 saturated carbocycles. The van der Waals surface area contributed by atoms with Gasteiger partial charge in [-0.1, -0.05) is 20.3 Å². The Hall–Kier alpha value is -1.36. The van der Waals surface area contributed by atoms with Crippen molar-refractivity contribution in [2.45, 2.75) is 44.9 Å². The van der Waals surface area contributed by atoms with E-state index in [1.165, 1.54) is 11.3 Å². The van der Waals surface area contributed by atoms with Crippen LogP contribution in [-0.4, -0.2) is 20.5 Å². The molecule has 18 heavy (non-hydrogen) atoms. The molecule has 0 amide bonds. The normalized spacial score (nSPS) is 16.4. The highest BCUT2D eigenvalue weighted by atomic mass is 32.1. The fourth-order valence-electron chi connectivity index (χ4n) is 2.33. The highest BCUT2D eigenvalue weighted by Gasteiger charge is 2.30. The third-order valence-electron chi connectivity index (χ3n) is 3.63. The number of aromatic carboxylic acids is 1. The molecule has 4 nitrogen and oxygen atoms in total. The first-order chi connectivity index (χ1) is 8.58. The number of nitrogens with zero attached hydrogens (tertiary/aromatic N) is 2. The number of aromatic nitrogens is 2. The lowest BCUT2D eigenvalue weighted by molar-refractivity contribution is 0.0686. The molecule has 1 aliphatic rings. The maximum absolute atomic E-state index is 11.5. The van der Waals surface area contributed by atoms with E-state index in [0.717, 1.165) is 23.5 Å². The Morgan fingerprint density at radius 1 is 1.56 bits per heavy atom. The summed E-state index contributed by atoms with van der Waals surface area (Å²) in [6, 6.07) is 0. The standard InChI is InChI=1S/C13H16N2O2S/c1-7(2)9-6-15-11(12(16)17)10(8-4-3-5-8)14-13(15)18-9/h6-8H,3-5H2,1-2H3,(H,16,17). The van der Waals surface area contributed by atoms with Gasteiger partial charge in [-0.25, -0.2) is 9.78 Å². The van der Waals surface area contributed by atoms with Crippen LogP contribution >= 0.6 is 11.3 Å². The van der Waals surface area contributed by atoms with E-state index in [1.807, 2.05) is 6.20 Å². The topological polar surface area (TPSA) is 54.6 Å². The first-order valence-electron chi connectivity index (χ1n) is 6.33. The lowest BCUT2D eigenvalue weighted by atomic mass is 9.82. The molecular formula is C13H16N2O2S. The van der Waals surface area contributed by atoms with E-state index in [9.17, 15) is 9.90 Å². The SMILES string of the molecule is CC(C)c1cn2c(C(=O)O)c(C3CCC3)nc2s1. The van der Waals surface area contributed by atoms with Crippen LogP contribution in [0.15, 0.2) is 6.20 Å². The molecule has 5 heteroatoms. The molecule has 96 valence electrons. The summed E-state index contributed by atoms with van der Waals surface area (Å²) >= 11 is 1.60. The number of hydrogen-bond acceptors (Lipinski definition) is 3. The maximum atomic E-state index is 11.5. The second kappa shape index (κ2) is 4.09. The molecule has 0 spiro atoms. The number of thiazole rings is 1. The Bertz CT molecular complexity index is 608. The first-order valence-corrected chi connectivity index (χ1v) is 7.14. The van der Waals surface area contributed by atoms with Gasteiger partial charge in [-0.15, -0.1) is 11.3 Å². The van der Waals surface area contributed by atoms with Gasteiger partial charge in [0.25, 0.3) is 0 Å². The number of imidazole rings is 1. The van der Waals surface area contributed by atoms with Gasteiger partial charge in [-0.05, 0) is 18.8 Å². The summed E-state index contributed by atoms with van der Waals surface area (Å²) in [6.45, 7) is 4.22. The van der Waals surface area contributed by atoms with E-state index in [-0.39, 0.29) is 0 Å². The zero-order valence-corrected chi connectivity index (χ0v) is 11.3. The molecular weight excluding hydrogens is 248 g/mol. The van der Waals surface area contributed by atoms with Crippen molar-refractivity contribution in [2.24, 2.45) is 0 Å². The number of hydrogen-bond donors (Lipinski definition) is 1. The Balaban J connectivity index is 2.16. The fraction of sp³-hybridized carbons (Fsp3) is 0.538. The second-order valence-electron chi connectivity index (χ2n) is 5.22. The van der Waals surface area contributed by atoms with Gasteiger partial charge in [-0.3, -0.25) is 4.40 Å². The van der Waals surface area contributed by atoms with Crippen molar-refractivity contribution in [1.29, 1.82) is 0 Å². The Labute approximate surface area is 109 Å². The average molecular weight is 264 g/mol. The van der Waals surface area contributed by atoms with Crippen LogP contribution in [0.1, 0.15) is 66.0 Å². The third kappa shape index (κ3) is 1.65. The van der Waals surface area contributed by atoms with E-state index in [0.29, 0.717) is 17.5 Å². The molecule has 0 radical (unpaired) electrons. The van der Waals surface area contributed by atoms with Crippen LogP contribution in [0.2, 0.25) is 0 Å². The summed E-state index contributed by atoms with van der Waals surface area (Å²) in [7, 11) is 0. The van der Waals surface area contributed by atoms with Crippen molar-refractivity contribution in [1.82, 2.24) is 9.38 Å².